The van der Waals surface area contributed by atoms with Gasteiger partial charge in [0.25, 0.3) is 0 Å². The van der Waals surface area contributed by atoms with Gasteiger partial charge in [-0.3, -0.25) is 0 Å². The van der Waals surface area contributed by atoms with Crippen molar-refractivity contribution in [2.45, 2.75) is 0 Å². The largest absolute Gasteiger partial charge is 0.135 e. The van der Waals surface area contributed by atoms with Gasteiger partial charge in [0.2, 0.25) is 0 Å². The van der Waals surface area contributed by atoms with Gasteiger partial charge in [-0.05, 0) is 83.9 Å². The van der Waals surface area contributed by atoms with Crippen LogP contribution < -0.4 is 0 Å². The highest BCUT2D eigenvalue weighted by atomic mass is 32.1. The van der Waals surface area contributed by atoms with Gasteiger partial charge in [-0.1, -0.05) is 140 Å². The van der Waals surface area contributed by atoms with E-state index in [9.17, 15) is 0 Å². The number of rotatable bonds is 3. The van der Waals surface area contributed by atoms with Crippen molar-refractivity contribution in [3.05, 3.63) is 158 Å². The average Bonchev–Trinajstić information content (AvgIpc) is 3.45. The summed E-state index contributed by atoms with van der Waals surface area (Å²) in [5.74, 6) is 0. The summed E-state index contributed by atoms with van der Waals surface area (Å²) >= 11 is 1.87. The highest BCUT2D eigenvalue weighted by Crippen LogP contribution is 2.45. The second kappa shape index (κ2) is 9.66. The molecule has 1 heteroatoms. The average molecular weight is 563 g/mol. The third kappa shape index (κ3) is 3.82. The van der Waals surface area contributed by atoms with E-state index in [1.54, 1.807) is 0 Å². The van der Waals surface area contributed by atoms with Crippen LogP contribution in [0.25, 0.3) is 85.9 Å². The third-order valence-electron chi connectivity index (χ3n) is 8.87. The van der Waals surface area contributed by atoms with E-state index in [-0.39, 0.29) is 0 Å². The maximum Gasteiger partial charge on any atom is 0.0355 e. The molecular formula is C42H26S. The topological polar surface area (TPSA) is 0 Å². The molecule has 0 fully saturated rings. The van der Waals surface area contributed by atoms with Gasteiger partial charge in [0.15, 0.2) is 0 Å². The van der Waals surface area contributed by atoms with Crippen LogP contribution in [0.2, 0.25) is 0 Å². The van der Waals surface area contributed by atoms with Gasteiger partial charge in [-0.2, -0.15) is 0 Å². The Morgan fingerprint density at radius 3 is 1.49 bits per heavy atom. The SMILES string of the molecule is c1ccc2c(-c3ccc(-c4c5ccccc5c(-c5ccc6sc7ccccc7c6c5)c5ccccc45)cc3)cccc2c1. The minimum Gasteiger partial charge on any atom is -0.135 e. The van der Waals surface area contributed by atoms with Gasteiger partial charge in [0.1, 0.15) is 0 Å². The number of hydrogen-bond acceptors (Lipinski definition) is 1. The van der Waals surface area contributed by atoms with E-state index in [4.69, 9.17) is 0 Å². The minimum atomic E-state index is 1.24. The van der Waals surface area contributed by atoms with E-state index >= 15 is 0 Å². The van der Waals surface area contributed by atoms with E-state index in [0.717, 1.165) is 0 Å². The molecule has 0 atom stereocenters. The first kappa shape index (κ1) is 24.4. The zero-order valence-electron chi connectivity index (χ0n) is 23.4. The van der Waals surface area contributed by atoms with Crippen molar-refractivity contribution in [1.82, 2.24) is 0 Å². The summed E-state index contributed by atoms with van der Waals surface area (Å²) in [6, 6.07) is 58.0. The van der Waals surface area contributed by atoms with Gasteiger partial charge >= 0.3 is 0 Å². The van der Waals surface area contributed by atoms with Gasteiger partial charge in [0, 0.05) is 20.2 Å². The molecule has 0 nitrogen and oxygen atoms in total. The Kier molecular flexibility index (Phi) is 5.47. The fourth-order valence-electron chi connectivity index (χ4n) is 6.93. The Morgan fingerprint density at radius 2 is 0.791 bits per heavy atom. The molecule has 200 valence electrons. The maximum atomic E-state index is 2.40. The molecule has 0 spiro atoms. The van der Waals surface area contributed by atoms with Gasteiger partial charge in [-0.15, -0.1) is 11.3 Å². The highest BCUT2D eigenvalue weighted by molar-refractivity contribution is 7.25. The Morgan fingerprint density at radius 1 is 0.302 bits per heavy atom. The van der Waals surface area contributed by atoms with Crippen LogP contribution in [0.15, 0.2) is 158 Å². The second-order valence-corrected chi connectivity index (χ2v) is 12.3. The second-order valence-electron chi connectivity index (χ2n) is 11.3. The molecule has 8 aromatic carbocycles. The van der Waals surface area contributed by atoms with Crippen LogP contribution in [-0.4, -0.2) is 0 Å². The summed E-state index contributed by atoms with van der Waals surface area (Å²) in [4.78, 5) is 0. The summed E-state index contributed by atoms with van der Waals surface area (Å²) < 4.78 is 2.67. The molecule has 0 aliphatic heterocycles. The number of hydrogen-bond donors (Lipinski definition) is 0. The highest BCUT2D eigenvalue weighted by Gasteiger charge is 2.17. The first-order valence-electron chi connectivity index (χ1n) is 14.8. The monoisotopic (exact) mass is 562 g/mol. The van der Waals surface area contributed by atoms with Crippen LogP contribution in [-0.2, 0) is 0 Å². The number of benzene rings is 8. The molecule has 0 amide bonds. The van der Waals surface area contributed by atoms with E-state index in [2.05, 4.69) is 158 Å². The lowest BCUT2D eigenvalue weighted by Crippen LogP contribution is -1.91. The van der Waals surface area contributed by atoms with Gasteiger partial charge < -0.3 is 0 Å². The van der Waals surface area contributed by atoms with Crippen LogP contribution in [0.3, 0.4) is 0 Å². The molecule has 9 aromatic rings. The predicted octanol–water partition coefficient (Wildman–Crippen LogP) is 12.5. The van der Waals surface area contributed by atoms with Crippen LogP contribution in [0.4, 0.5) is 0 Å². The Bertz CT molecular complexity index is 2430. The van der Waals surface area contributed by atoms with Crippen molar-refractivity contribution in [2.75, 3.05) is 0 Å². The van der Waals surface area contributed by atoms with E-state index < -0.39 is 0 Å². The summed E-state index contributed by atoms with van der Waals surface area (Å²) in [5.41, 5.74) is 7.61. The molecule has 1 heterocycles. The lowest BCUT2D eigenvalue weighted by Gasteiger charge is -2.18. The Balaban J connectivity index is 1.27. The fraction of sp³-hybridized carbons (Fsp3) is 0. The van der Waals surface area contributed by atoms with E-state index in [1.807, 2.05) is 11.3 Å². The van der Waals surface area contributed by atoms with Gasteiger partial charge in [0.05, 0.1) is 0 Å². The summed E-state index contributed by atoms with van der Waals surface area (Å²) in [5, 5.41) is 10.4. The maximum absolute atomic E-state index is 2.40. The van der Waals surface area contributed by atoms with Crippen molar-refractivity contribution < 1.29 is 0 Å². The van der Waals surface area contributed by atoms with E-state index in [0.29, 0.717) is 0 Å². The van der Waals surface area contributed by atoms with E-state index in [1.165, 1.54) is 85.9 Å². The van der Waals surface area contributed by atoms with Crippen molar-refractivity contribution in [3.8, 4) is 33.4 Å². The molecule has 0 bridgehead atoms. The molecule has 0 radical (unpaired) electrons. The normalized spacial score (nSPS) is 11.7. The lowest BCUT2D eigenvalue weighted by atomic mass is 9.85. The Labute approximate surface area is 254 Å². The number of fused-ring (bicyclic) bond motifs is 6. The van der Waals surface area contributed by atoms with Crippen molar-refractivity contribution >= 4 is 63.8 Å². The minimum absolute atomic E-state index is 1.24. The first-order chi connectivity index (χ1) is 21.3. The molecular weight excluding hydrogens is 537 g/mol. The molecule has 43 heavy (non-hydrogen) atoms. The van der Waals surface area contributed by atoms with Crippen LogP contribution in [0, 0.1) is 0 Å². The van der Waals surface area contributed by atoms with Crippen molar-refractivity contribution in [3.63, 3.8) is 0 Å². The third-order valence-corrected chi connectivity index (χ3v) is 10.0. The lowest BCUT2D eigenvalue weighted by molar-refractivity contribution is 1.63. The molecule has 0 aliphatic carbocycles. The first-order valence-corrected chi connectivity index (χ1v) is 15.6. The van der Waals surface area contributed by atoms with Crippen molar-refractivity contribution in [2.24, 2.45) is 0 Å². The van der Waals surface area contributed by atoms with Crippen LogP contribution >= 0.6 is 11.3 Å². The molecule has 0 aliphatic rings. The standard InChI is InChI=1S/C42H26S/c1-2-12-31-27(10-1)11-9-18-32(31)28-20-22-29(23-21-28)41-34-14-3-5-16-36(34)42(37-17-6-4-15-35(37)41)30-24-25-40-38(26-30)33-13-7-8-19-39(33)43-40/h1-26H. The van der Waals surface area contributed by atoms with Crippen LogP contribution in [0.5, 0.6) is 0 Å². The summed E-state index contributed by atoms with van der Waals surface area (Å²) in [7, 11) is 0. The van der Waals surface area contributed by atoms with Crippen molar-refractivity contribution in [1.29, 1.82) is 0 Å². The quantitative estimate of drug-likeness (QED) is 0.188. The van der Waals surface area contributed by atoms with Crippen LogP contribution in [0.1, 0.15) is 0 Å². The predicted molar refractivity (Wildman–Crippen MR) is 188 cm³/mol. The zero-order valence-corrected chi connectivity index (χ0v) is 24.2. The van der Waals surface area contributed by atoms with Gasteiger partial charge in [-0.25, -0.2) is 0 Å². The zero-order chi connectivity index (χ0) is 28.3. The molecule has 9 rings (SSSR count). The number of thiophene rings is 1. The molecule has 1 aromatic heterocycles. The summed E-state index contributed by atoms with van der Waals surface area (Å²) in [6.45, 7) is 0. The fourth-order valence-corrected chi connectivity index (χ4v) is 8.01. The molecule has 0 unspecified atom stereocenters. The molecule has 0 N–H and O–H groups in total. The molecule has 0 saturated carbocycles. The molecule has 0 saturated heterocycles. The Hall–Kier alpha value is -5.24. The summed E-state index contributed by atoms with van der Waals surface area (Å²) in [6.07, 6.45) is 0. The smallest absolute Gasteiger partial charge is 0.0355 e.